The summed E-state index contributed by atoms with van der Waals surface area (Å²) in [7, 11) is 1.67. The first-order valence-electron chi connectivity index (χ1n) is 12.0. The molecule has 0 bridgehead atoms. The van der Waals surface area contributed by atoms with Gasteiger partial charge in [0.1, 0.15) is 12.2 Å². The number of carboxylic acids is 1. The normalized spacial score (nSPS) is 22.4. The number of piperazine rings is 1. The van der Waals surface area contributed by atoms with Gasteiger partial charge in [-0.1, -0.05) is 36.4 Å². The predicted octanol–water partition coefficient (Wildman–Crippen LogP) is 1.84. The molecule has 11 heteroatoms. The third-order valence-electron chi connectivity index (χ3n) is 6.50. The second-order valence-corrected chi connectivity index (χ2v) is 10.00. The van der Waals surface area contributed by atoms with Gasteiger partial charge in [-0.2, -0.15) is 0 Å². The highest BCUT2D eigenvalue weighted by Crippen LogP contribution is 2.28. The van der Waals surface area contributed by atoms with Gasteiger partial charge in [-0.15, -0.1) is 11.3 Å². The molecule has 3 heterocycles. The number of likely N-dealkylation sites (N-methyl/N-ethyl adjacent to an activating group) is 1. The average molecular weight is 514 g/mol. The van der Waals surface area contributed by atoms with E-state index in [1.807, 2.05) is 47.9 Å². The van der Waals surface area contributed by atoms with E-state index in [1.165, 1.54) is 9.91 Å². The molecule has 1 aliphatic carbocycles. The second kappa shape index (κ2) is 11.5. The molecule has 2 saturated heterocycles. The van der Waals surface area contributed by atoms with Crippen LogP contribution in [0.2, 0.25) is 0 Å². The van der Waals surface area contributed by atoms with Crippen molar-refractivity contribution < 1.29 is 24.3 Å². The van der Waals surface area contributed by atoms with Gasteiger partial charge in [0.15, 0.2) is 0 Å². The molecule has 4 amide bonds. The summed E-state index contributed by atoms with van der Waals surface area (Å²) in [6.07, 6.45) is 10.3. The van der Waals surface area contributed by atoms with Gasteiger partial charge < -0.3 is 20.2 Å². The van der Waals surface area contributed by atoms with Gasteiger partial charge in [0.25, 0.3) is 0 Å². The number of carbonyl (C=O) groups is 4. The van der Waals surface area contributed by atoms with Crippen LogP contribution in [0.5, 0.6) is 0 Å². The molecule has 4 rings (SSSR count). The molecule has 0 aromatic carbocycles. The van der Waals surface area contributed by atoms with Crippen LogP contribution in [0, 0.1) is 0 Å². The highest BCUT2D eigenvalue weighted by molar-refractivity contribution is 7.09. The van der Waals surface area contributed by atoms with Crippen molar-refractivity contribution in [2.24, 2.45) is 0 Å². The lowest BCUT2D eigenvalue weighted by Crippen LogP contribution is -2.76. The highest BCUT2D eigenvalue weighted by Gasteiger charge is 2.50. The summed E-state index contributed by atoms with van der Waals surface area (Å²) >= 11 is 1.60. The zero-order valence-electron chi connectivity index (χ0n) is 20.2. The van der Waals surface area contributed by atoms with E-state index in [0.29, 0.717) is 19.5 Å². The maximum absolute atomic E-state index is 13.4. The van der Waals surface area contributed by atoms with Crippen molar-refractivity contribution in [2.45, 2.75) is 37.9 Å². The molecule has 2 N–H and O–H groups in total. The smallest absolute Gasteiger partial charge is 0.334 e. The minimum atomic E-state index is -1.04. The summed E-state index contributed by atoms with van der Waals surface area (Å²) < 4.78 is 0. The van der Waals surface area contributed by atoms with Crippen LogP contribution in [-0.4, -0.2) is 94.2 Å². The maximum atomic E-state index is 13.4. The van der Waals surface area contributed by atoms with Crippen LogP contribution in [0.3, 0.4) is 0 Å². The van der Waals surface area contributed by atoms with Crippen molar-refractivity contribution in [3.8, 4) is 0 Å². The molecule has 36 heavy (non-hydrogen) atoms. The molecule has 0 radical (unpaired) electrons. The molecule has 0 saturated carbocycles. The van der Waals surface area contributed by atoms with Crippen LogP contribution in [0.15, 0.2) is 53.5 Å². The molecule has 1 unspecified atom stereocenters. The number of rotatable bonds is 8. The number of carbonyl (C=O) groups excluding carboxylic acids is 3. The Morgan fingerprint density at radius 1 is 1.25 bits per heavy atom. The summed E-state index contributed by atoms with van der Waals surface area (Å²) in [5.41, 5.74) is 0.969. The van der Waals surface area contributed by atoms with E-state index >= 15 is 0 Å². The van der Waals surface area contributed by atoms with E-state index in [2.05, 4.69) is 5.32 Å². The van der Waals surface area contributed by atoms with E-state index in [0.717, 1.165) is 16.9 Å². The van der Waals surface area contributed by atoms with Gasteiger partial charge in [0.2, 0.25) is 11.8 Å². The van der Waals surface area contributed by atoms with Crippen molar-refractivity contribution in [2.75, 3.05) is 33.2 Å². The number of thiophene rings is 1. The average Bonchev–Trinajstić information content (AvgIpc) is 3.22. The molecule has 10 nitrogen and oxygen atoms in total. The van der Waals surface area contributed by atoms with Gasteiger partial charge in [-0.3, -0.25) is 14.4 Å². The Bertz CT molecular complexity index is 1080. The number of urea groups is 1. The fraction of sp³-hybridized carbons (Fsp3) is 0.440. The summed E-state index contributed by atoms with van der Waals surface area (Å²) in [5.74, 6) is -1.61. The first kappa shape index (κ1) is 25.6. The van der Waals surface area contributed by atoms with Crippen molar-refractivity contribution in [1.82, 2.24) is 25.1 Å². The maximum Gasteiger partial charge on any atom is 0.334 e. The van der Waals surface area contributed by atoms with Gasteiger partial charge >= 0.3 is 12.0 Å². The molecule has 192 valence electrons. The van der Waals surface area contributed by atoms with E-state index in [4.69, 9.17) is 0 Å². The number of nitrogens with one attached hydrogen (secondary N) is 1. The predicted molar refractivity (Wildman–Crippen MR) is 135 cm³/mol. The Labute approximate surface area is 214 Å². The van der Waals surface area contributed by atoms with Crippen LogP contribution in [0.1, 0.15) is 24.1 Å². The van der Waals surface area contributed by atoms with Crippen LogP contribution in [0.25, 0.3) is 0 Å². The Morgan fingerprint density at radius 2 is 2.08 bits per heavy atom. The molecular weight excluding hydrogens is 482 g/mol. The number of carboxylic acid groups (broad SMARTS) is 1. The highest BCUT2D eigenvalue weighted by atomic mass is 32.1. The van der Waals surface area contributed by atoms with Gasteiger partial charge in [0.05, 0.1) is 13.1 Å². The first-order valence-corrected chi connectivity index (χ1v) is 12.9. The number of allylic oxidation sites excluding steroid dienone is 4. The molecular formula is C25H31N5O5S. The quantitative estimate of drug-likeness (QED) is 0.549. The molecule has 1 aromatic rings. The third kappa shape index (κ3) is 5.85. The Morgan fingerprint density at radius 3 is 2.83 bits per heavy atom. The van der Waals surface area contributed by atoms with Gasteiger partial charge in [0, 0.05) is 31.4 Å². The summed E-state index contributed by atoms with van der Waals surface area (Å²) in [6.45, 7) is 0.822. The number of nitrogens with zero attached hydrogens (tertiary/aromatic N) is 4. The Balaban J connectivity index is 1.55. The molecule has 2 fully saturated rings. The minimum absolute atomic E-state index is 0.00420. The fourth-order valence-electron chi connectivity index (χ4n) is 4.76. The molecule has 0 spiro atoms. The standard InChI is InChI=1S/C25H31N5O5S/c1-27-17-22(31)29-20(10-11-23(32)33)24(34)28(13-12-19-9-6-14-36-19)16-21(29)30(27)25(35)26-15-18-7-4-2-3-5-8-18/h2-4,6-9,14,20-21H,5,10-13,15-17H2,1H3,(H,26,35)(H,32,33)/t20?,21-/m0/s1. The fourth-order valence-corrected chi connectivity index (χ4v) is 5.46. The summed E-state index contributed by atoms with van der Waals surface area (Å²) in [6, 6.07) is 2.64. The summed E-state index contributed by atoms with van der Waals surface area (Å²) in [4.78, 5) is 55.4. The number of hydrazine groups is 1. The van der Waals surface area contributed by atoms with E-state index in [1.54, 1.807) is 28.3 Å². The van der Waals surface area contributed by atoms with Crippen LogP contribution >= 0.6 is 11.3 Å². The van der Waals surface area contributed by atoms with Crippen molar-refractivity contribution in [3.63, 3.8) is 0 Å². The van der Waals surface area contributed by atoms with Crippen LogP contribution in [0.4, 0.5) is 4.79 Å². The minimum Gasteiger partial charge on any atom is -0.481 e. The number of hydrogen-bond acceptors (Lipinski definition) is 6. The number of fused-ring (bicyclic) bond motifs is 1. The molecule has 2 aliphatic heterocycles. The first-order chi connectivity index (χ1) is 17.3. The zero-order chi connectivity index (χ0) is 25.7. The molecule has 1 aromatic heterocycles. The van der Waals surface area contributed by atoms with E-state index in [-0.39, 0.29) is 43.8 Å². The van der Waals surface area contributed by atoms with Crippen molar-refractivity contribution in [3.05, 3.63) is 58.3 Å². The molecule has 2 atom stereocenters. The van der Waals surface area contributed by atoms with E-state index in [9.17, 15) is 24.3 Å². The lowest BCUT2D eigenvalue weighted by molar-refractivity contribution is -0.187. The topological polar surface area (TPSA) is 114 Å². The van der Waals surface area contributed by atoms with Gasteiger partial charge in [-0.25, -0.2) is 14.8 Å². The third-order valence-corrected chi connectivity index (χ3v) is 7.44. The lowest BCUT2D eigenvalue weighted by Gasteiger charge is -2.54. The Kier molecular flexibility index (Phi) is 8.21. The summed E-state index contributed by atoms with van der Waals surface area (Å²) in [5, 5.41) is 17.2. The van der Waals surface area contributed by atoms with Gasteiger partial charge in [-0.05, 0) is 36.3 Å². The largest absolute Gasteiger partial charge is 0.481 e. The number of hydrogen-bond donors (Lipinski definition) is 2. The SMILES string of the molecule is CN1CC(=O)N2C(CCC(=O)O)C(=O)N(CCc3cccs3)C[C@@H]2N1C(=O)NCC1=CCC=CC=C1. The van der Waals surface area contributed by atoms with Crippen molar-refractivity contribution >= 4 is 35.2 Å². The van der Waals surface area contributed by atoms with Crippen molar-refractivity contribution in [1.29, 1.82) is 0 Å². The number of amides is 4. The zero-order valence-corrected chi connectivity index (χ0v) is 21.0. The Hall–Kier alpha value is -3.44. The number of aliphatic carboxylic acids is 1. The van der Waals surface area contributed by atoms with Crippen LogP contribution in [-0.2, 0) is 20.8 Å². The van der Waals surface area contributed by atoms with Crippen LogP contribution < -0.4 is 5.32 Å². The lowest BCUT2D eigenvalue weighted by atomic mass is 10.0. The second-order valence-electron chi connectivity index (χ2n) is 8.96. The van der Waals surface area contributed by atoms with E-state index < -0.39 is 18.2 Å². The monoisotopic (exact) mass is 513 g/mol. The molecule has 3 aliphatic rings.